The first-order valence-electron chi connectivity index (χ1n) is 10.4. The van der Waals surface area contributed by atoms with Gasteiger partial charge in [0.2, 0.25) is 0 Å². The highest BCUT2D eigenvalue weighted by molar-refractivity contribution is 5.65. The minimum Gasteiger partial charge on any atom is -0.301 e. The Hall–Kier alpha value is -1.19. The normalized spacial score (nSPS) is 19.8. The van der Waals surface area contributed by atoms with Gasteiger partial charge in [-0.05, 0) is 61.8 Å². The average molecular weight is 342 g/mol. The number of unbranched alkanes of at least 4 members (excludes halogenated alkanes) is 1. The number of hydrogen-bond acceptors (Lipinski definition) is 3. The van der Waals surface area contributed by atoms with Crippen molar-refractivity contribution in [3.05, 3.63) is 29.3 Å². The summed E-state index contributed by atoms with van der Waals surface area (Å²) in [5.41, 5.74) is 4.14. The van der Waals surface area contributed by atoms with E-state index in [0.29, 0.717) is 0 Å². The third-order valence-corrected chi connectivity index (χ3v) is 5.41. The van der Waals surface area contributed by atoms with Gasteiger partial charge in [-0.1, -0.05) is 32.4 Å². The van der Waals surface area contributed by atoms with Crippen molar-refractivity contribution in [2.45, 2.75) is 58.9 Å². The van der Waals surface area contributed by atoms with Crippen molar-refractivity contribution >= 4 is 11.9 Å². The minimum absolute atomic E-state index is 0.910. The fourth-order valence-electron chi connectivity index (χ4n) is 3.70. The lowest BCUT2D eigenvalue weighted by Gasteiger charge is -2.34. The van der Waals surface area contributed by atoms with Crippen LogP contribution in [0.15, 0.2) is 23.2 Å². The van der Waals surface area contributed by atoms with Gasteiger partial charge in [0.15, 0.2) is 0 Å². The van der Waals surface area contributed by atoms with Crippen LogP contribution in [0.4, 0.5) is 5.69 Å². The molecular weight excluding hydrogens is 306 g/mol. The van der Waals surface area contributed by atoms with Gasteiger partial charge in [-0.2, -0.15) is 0 Å². The molecule has 1 aliphatic heterocycles. The van der Waals surface area contributed by atoms with E-state index in [0.717, 1.165) is 18.9 Å². The van der Waals surface area contributed by atoms with Crippen molar-refractivity contribution in [2.24, 2.45) is 10.9 Å². The highest BCUT2D eigenvalue weighted by Gasteiger charge is 2.23. The number of aliphatic imine (C=N–C) groups is 1. The maximum absolute atomic E-state index is 4.75. The van der Waals surface area contributed by atoms with Crippen LogP contribution < -0.4 is 0 Å². The number of nitrogens with zero attached hydrogens (tertiary/aromatic N) is 3. The van der Waals surface area contributed by atoms with Crippen LogP contribution >= 0.6 is 0 Å². The van der Waals surface area contributed by atoms with E-state index in [1.807, 2.05) is 0 Å². The van der Waals surface area contributed by atoms with Crippen molar-refractivity contribution in [3.8, 4) is 0 Å². The van der Waals surface area contributed by atoms with E-state index in [-0.39, 0.29) is 0 Å². The fraction of sp³-hybridized carbons (Fsp3) is 0.682. The predicted molar refractivity (Wildman–Crippen MR) is 108 cm³/mol. The molecule has 25 heavy (non-hydrogen) atoms. The molecule has 0 radical (unpaired) electrons. The van der Waals surface area contributed by atoms with Gasteiger partial charge in [-0.25, -0.2) is 0 Å². The second kappa shape index (κ2) is 9.49. The number of rotatable bonds is 9. The number of benzene rings is 1. The molecule has 0 bridgehead atoms. The van der Waals surface area contributed by atoms with Crippen LogP contribution in [0.1, 0.15) is 57.1 Å². The van der Waals surface area contributed by atoms with Crippen molar-refractivity contribution in [3.63, 3.8) is 0 Å². The lowest BCUT2D eigenvalue weighted by Crippen LogP contribution is -2.45. The Morgan fingerprint density at radius 3 is 2.48 bits per heavy atom. The van der Waals surface area contributed by atoms with Crippen molar-refractivity contribution in [1.82, 2.24) is 9.80 Å². The van der Waals surface area contributed by atoms with Crippen LogP contribution in [0.2, 0.25) is 0 Å². The Morgan fingerprint density at radius 2 is 1.80 bits per heavy atom. The second-order valence-electron chi connectivity index (χ2n) is 7.83. The highest BCUT2D eigenvalue weighted by Crippen LogP contribution is 2.35. The maximum atomic E-state index is 4.75. The van der Waals surface area contributed by atoms with Gasteiger partial charge in [0.25, 0.3) is 0 Å². The van der Waals surface area contributed by atoms with Crippen molar-refractivity contribution in [2.75, 3.05) is 32.7 Å². The molecule has 1 aromatic rings. The zero-order valence-electron chi connectivity index (χ0n) is 16.2. The molecule has 1 saturated carbocycles. The third-order valence-electron chi connectivity index (χ3n) is 5.41. The average Bonchev–Trinajstić information content (AvgIpc) is 3.43. The summed E-state index contributed by atoms with van der Waals surface area (Å²) in [4.78, 5) is 9.96. The van der Waals surface area contributed by atoms with E-state index in [4.69, 9.17) is 4.99 Å². The van der Waals surface area contributed by atoms with E-state index in [1.165, 1.54) is 81.6 Å². The van der Waals surface area contributed by atoms with Gasteiger partial charge in [0.1, 0.15) is 0 Å². The Morgan fingerprint density at radius 1 is 1.04 bits per heavy atom. The number of hydrogen-bond donors (Lipinski definition) is 0. The Labute approximate surface area is 154 Å². The largest absolute Gasteiger partial charge is 0.301 e. The van der Waals surface area contributed by atoms with Crippen LogP contribution in [0.5, 0.6) is 0 Å². The van der Waals surface area contributed by atoms with Gasteiger partial charge < -0.3 is 4.90 Å². The Kier molecular flexibility index (Phi) is 7.06. The monoisotopic (exact) mass is 341 g/mol. The van der Waals surface area contributed by atoms with Gasteiger partial charge in [0.05, 0.1) is 5.69 Å². The van der Waals surface area contributed by atoms with E-state index < -0.39 is 0 Å². The molecule has 1 aliphatic carbocycles. The summed E-state index contributed by atoms with van der Waals surface area (Å²) in [6.07, 6.45) is 9.64. The summed E-state index contributed by atoms with van der Waals surface area (Å²) >= 11 is 0. The molecule has 3 rings (SSSR count). The highest BCUT2D eigenvalue weighted by atomic mass is 15.3. The third kappa shape index (κ3) is 5.93. The number of piperazine rings is 1. The van der Waals surface area contributed by atoms with Crippen LogP contribution in [0.3, 0.4) is 0 Å². The molecule has 0 spiro atoms. The SMILES string of the molecule is CCC/C=N\c1ccc(CN2CCN(CCC)CC2)cc1CC1CC1. The summed E-state index contributed by atoms with van der Waals surface area (Å²) in [6, 6.07) is 7.00. The molecule has 2 aliphatic rings. The molecule has 1 aromatic carbocycles. The summed E-state index contributed by atoms with van der Waals surface area (Å²) in [7, 11) is 0. The molecule has 3 nitrogen and oxygen atoms in total. The van der Waals surface area contributed by atoms with E-state index in [9.17, 15) is 0 Å². The second-order valence-corrected chi connectivity index (χ2v) is 7.83. The molecule has 0 unspecified atom stereocenters. The van der Waals surface area contributed by atoms with Gasteiger partial charge >= 0.3 is 0 Å². The quantitative estimate of drug-likeness (QED) is 0.608. The predicted octanol–water partition coefficient (Wildman–Crippen LogP) is 4.67. The first-order valence-corrected chi connectivity index (χ1v) is 10.4. The first kappa shape index (κ1) is 18.6. The molecule has 0 N–H and O–H groups in total. The van der Waals surface area contributed by atoms with Crippen molar-refractivity contribution in [1.29, 1.82) is 0 Å². The summed E-state index contributed by atoms with van der Waals surface area (Å²) < 4.78 is 0. The van der Waals surface area contributed by atoms with Crippen LogP contribution in [0, 0.1) is 5.92 Å². The standard InChI is InChI=1S/C22H35N3/c1-3-5-10-23-22-9-8-20(17-21(22)16-19-6-7-19)18-25-14-12-24(11-4-2)13-15-25/h8-10,17,19H,3-7,11-16,18H2,1-2H3/b23-10-. The van der Waals surface area contributed by atoms with E-state index >= 15 is 0 Å². The molecule has 0 aromatic heterocycles. The first-order chi connectivity index (χ1) is 12.3. The molecule has 2 fully saturated rings. The molecule has 3 heteroatoms. The fourth-order valence-corrected chi connectivity index (χ4v) is 3.70. The topological polar surface area (TPSA) is 18.8 Å². The molecule has 138 valence electrons. The zero-order valence-corrected chi connectivity index (χ0v) is 16.2. The lowest BCUT2D eigenvalue weighted by molar-refractivity contribution is 0.127. The smallest absolute Gasteiger partial charge is 0.0657 e. The van der Waals surface area contributed by atoms with Crippen LogP contribution in [-0.4, -0.2) is 48.7 Å². The molecule has 1 heterocycles. The Balaban J connectivity index is 1.61. The maximum Gasteiger partial charge on any atom is 0.0657 e. The molecule has 0 atom stereocenters. The van der Waals surface area contributed by atoms with Crippen LogP contribution in [-0.2, 0) is 13.0 Å². The molecule has 0 amide bonds. The molecule has 1 saturated heterocycles. The van der Waals surface area contributed by atoms with E-state index in [1.54, 1.807) is 0 Å². The summed E-state index contributed by atoms with van der Waals surface area (Å²) in [5, 5.41) is 0. The van der Waals surface area contributed by atoms with Crippen molar-refractivity contribution < 1.29 is 0 Å². The lowest BCUT2D eigenvalue weighted by atomic mass is 10.0. The van der Waals surface area contributed by atoms with Gasteiger partial charge in [-0.3, -0.25) is 9.89 Å². The van der Waals surface area contributed by atoms with Crippen LogP contribution in [0.25, 0.3) is 0 Å². The molecular formula is C22H35N3. The zero-order chi connectivity index (χ0) is 17.5. The van der Waals surface area contributed by atoms with E-state index in [2.05, 4.69) is 48.1 Å². The summed E-state index contributed by atoms with van der Waals surface area (Å²) in [6.45, 7) is 11.7. The Bertz CT molecular complexity index is 554. The minimum atomic E-state index is 0.910. The van der Waals surface area contributed by atoms with Gasteiger partial charge in [0, 0.05) is 38.9 Å². The summed E-state index contributed by atoms with van der Waals surface area (Å²) in [5.74, 6) is 0.910. The van der Waals surface area contributed by atoms with Gasteiger partial charge in [-0.15, -0.1) is 0 Å².